The van der Waals surface area contributed by atoms with E-state index in [9.17, 15) is 0 Å². The van der Waals surface area contributed by atoms with Crippen molar-refractivity contribution in [3.05, 3.63) is 35.9 Å². The van der Waals surface area contributed by atoms with Crippen molar-refractivity contribution in [2.45, 2.75) is 33.4 Å². The number of hydrogen-bond donors (Lipinski definition) is 2. The molecule has 0 aliphatic heterocycles. The Morgan fingerprint density at radius 3 is 2.47 bits per heavy atom. The first kappa shape index (κ1) is 13.5. The molecule has 17 heavy (non-hydrogen) atoms. The molecule has 1 rings (SSSR count). The van der Waals surface area contributed by atoms with Gasteiger partial charge in [0.25, 0.3) is 0 Å². The normalized spacial score (nSPS) is 11.7. The maximum absolute atomic E-state index is 5.53. The number of hydrogen-bond acceptors (Lipinski definition) is 2. The topological polar surface area (TPSA) is 53.6 Å². The Morgan fingerprint density at radius 2 is 2.00 bits per heavy atom. The Bertz CT molecular complexity index is 346. The standard InChI is InChI=1S/C13H22N4/c1-4-17(13(16-14)15-11(2)3)10-12-8-6-5-7-9-12/h5-9,11H,4,10,14H2,1-3H3,(H,15,16). The van der Waals surface area contributed by atoms with Gasteiger partial charge in [0.15, 0.2) is 0 Å². The summed E-state index contributed by atoms with van der Waals surface area (Å²) >= 11 is 0. The third-order valence-corrected chi connectivity index (χ3v) is 2.41. The van der Waals surface area contributed by atoms with E-state index in [1.807, 2.05) is 32.0 Å². The van der Waals surface area contributed by atoms with Gasteiger partial charge in [0.05, 0.1) is 0 Å². The third kappa shape index (κ3) is 4.44. The lowest BCUT2D eigenvalue weighted by atomic mass is 10.2. The van der Waals surface area contributed by atoms with E-state index in [1.54, 1.807) is 0 Å². The van der Waals surface area contributed by atoms with Gasteiger partial charge in [-0.15, -0.1) is 0 Å². The van der Waals surface area contributed by atoms with Crippen LogP contribution in [-0.2, 0) is 6.54 Å². The molecule has 0 bridgehead atoms. The van der Waals surface area contributed by atoms with E-state index in [0.29, 0.717) is 0 Å². The van der Waals surface area contributed by atoms with Crippen molar-refractivity contribution in [3.63, 3.8) is 0 Å². The van der Waals surface area contributed by atoms with Crippen molar-refractivity contribution in [1.82, 2.24) is 10.3 Å². The first-order valence-corrected chi connectivity index (χ1v) is 6.00. The zero-order valence-electron chi connectivity index (χ0n) is 10.9. The molecular formula is C13H22N4. The summed E-state index contributed by atoms with van der Waals surface area (Å²) in [7, 11) is 0. The molecule has 0 amide bonds. The molecule has 4 heteroatoms. The Hall–Kier alpha value is -1.55. The molecule has 0 saturated heterocycles. The summed E-state index contributed by atoms with van der Waals surface area (Å²) < 4.78 is 0. The minimum Gasteiger partial charge on any atom is -0.338 e. The highest BCUT2D eigenvalue weighted by molar-refractivity contribution is 5.79. The molecule has 0 aromatic heterocycles. The van der Waals surface area contributed by atoms with Crippen LogP contribution in [0.4, 0.5) is 0 Å². The predicted molar refractivity (Wildman–Crippen MR) is 72.4 cm³/mol. The van der Waals surface area contributed by atoms with E-state index in [0.717, 1.165) is 19.0 Å². The van der Waals surface area contributed by atoms with Gasteiger partial charge in [0.2, 0.25) is 5.96 Å². The SMILES string of the molecule is CCN(Cc1ccccc1)C(=NC(C)C)NN. The van der Waals surface area contributed by atoms with Crippen LogP contribution in [0.15, 0.2) is 35.3 Å². The van der Waals surface area contributed by atoms with Gasteiger partial charge in [-0.25, -0.2) is 10.8 Å². The smallest absolute Gasteiger partial charge is 0.208 e. The van der Waals surface area contributed by atoms with E-state index in [4.69, 9.17) is 5.84 Å². The number of aliphatic imine (C=N–C) groups is 1. The van der Waals surface area contributed by atoms with Crippen molar-refractivity contribution in [1.29, 1.82) is 0 Å². The fourth-order valence-corrected chi connectivity index (χ4v) is 1.60. The van der Waals surface area contributed by atoms with Crippen LogP contribution in [0.25, 0.3) is 0 Å². The largest absolute Gasteiger partial charge is 0.338 e. The van der Waals surface area contributed by atoms with E-state index in [-0.39, 0.29) is 6.04 Å². The summed E-state index contributed by atoms with van der Waals surface area (Å²) in [6, 6.07) is 10.5. The average Bonchev–Trinajstić information content (AvgIpc) is 2.34. The fourth-order valence-electron chi connectivity index (χ4n) is 1.60. The average molecular weight is 234 g/mol. The Balaban J connectivity index is 2.77. The monoisotopic (exact) mass is 234 g/mol. The fraction of sp³-hybridized carbons (Fsp3) is 0.462. The van der Waals surface area contributed by atoms with Crippen LogP contribution in [0.5, 0.6) is 0 Å². The summed E-state index contributed by atoms with van der Waals surface area (Å²) in [6.45, 7) is 7.84. The Morgan fingerprint density at radius 1 is 1.35 bits per heavy atom. The van der Waals surface area contributed by atoms with Gasteiger partial charge in [-0.05, 0) is 26.3 Å². The van der Waals surface area contributed by atoms with Crippen LogP contribution in [0.2, 0.25) is 0 Å². The van der Waals surface area contributed by atoms with E-state index >= 15 is 0 Å². The molecule has 1 aromatic rings. The molecule has 0 fully saturated rings. The second-order valence-corrected chi connectivity index (χ2v) is 4.19. The van der Waals surface area contributed by atoms with Crippen molar-refractivity contribution in [2.24, 2.45) is 10.8 Å². The van der Waals surface area contributed by atoms with Gasteiger partial charge in [-0.1, -0.05) is 30.3 Å². The molecule has 0 atom stereocenters. The quantitative estimate of drug-likeness (QED) is 0.361. The molecule has 3 N–H and O–H groups in total. The predicted octanol–water partition coefficient (Wildman–Crippen LogP) is 1.74. The van der Waals surface area contributed by atoms with Gasteiger partial charge < -0.3 is 4.90 Å². The number of nitrogens with one attached hydrogen (secondary N) is 1. The summed E-state index contributed by atoms with van der Waals surface area (Å²) in [6.07, 6.45) is 0. The van der Waals surface area contributed by atoms with Crippen LogP contribution in [0, 0.1) is 0 Å². The van der Waals surface area contributed by atoms with Crippen molar-refractivity contribution < 1.29 is 0 Å². The van der Waals surface area contributed by atoms with Gasteiger partial charge in [0.1, 0.15) is 0 Å². The molecular weight excluding hydrogens is 212 g/mol. The lowest BCUT2D eigenvalue weighted by Crippen LogP contribution is -2.44. The van der Waals surface area contributed by atoms with Crippen LogP contribution >= 0.6 is 0 Å². The Labute approximate surface area is 104 Å². The third-order valence-electron chi connectivity index (χ3n) is 2.41. The molecule has 0 aliphatic carbocycles. The maximum atomic E-state index is 5.53. The van der Waals surface area contributed by atoms with Crippen molar-refractivity contribution >= 4 is 5.96 Å². The molecule has 94 valence electrons. The number of nitrogens with zero attached hydrogens (tertiary/aromatic N) is 2. The van der Waals surface area contributed by atoms with E-state index in [2.05, 4.69) is 34.4 Å². The molecule has 1 aromatic carbocycles. The van der Waals surface area contributed by atoms with E-state index < -0.39 is 0 Å². The molecule has 0 unspecified atom stereocenters. The van der Waals surface area contributed by atoms with Crippen molar-refractivity contribution in [3.8, 4) is 0 Å². The Kier molecular flexibility index (Phi) is 5.49. The lowest BCUT2D eigenvalue weighted by Gasteiger charge is -2.24. The summed E-state index contributed by atoms with van der Waals surface area (Å²) in [5, 5.41) is 0. The zero-order chi connectivity index (χ0) is 12.7. The second-order valence-electron chi connectivity index (χ2n) is 4.19. The van der Waals surface area contributed by atoms with Gasteiger partial charge in [-0.3, -0.25) is 5.43 Å². The molecule has 0 aliphatic rings. The van der Waals surface area contributed by atoms with Crippen LogP contribution in [0.3, 0.4) is 0 Å². The highest BCUT2D eigenvalue weighted by Gasteiger charge is 2.09. The first-order valence-electron chi connectivity index (χ1n) is 6.00. The number of rotatable bonds is 4. The number of nitrogens with two attached hydrogens (primary N) is 1. The van der Waals surface area contributed by atoms with Crippen LogP contribution in [0.1, 0.15) is 26.3 Å². The summed E-state index contributed by atoms with van der Waals surface area (Å²) in [5.74, 6) is 6.27. The number of benzene rings is 1. The first-order chi connectivity index (χ1) is 8.17. The van der Waals surface area contributed by atoms with Crippen LogP contribution < -0.4 is 11.3 Å². The molecule has 0 heterocycles. The zero-order valence-corrected chi connectivity index (χ0v) is 10.9. The molecule has 0 saturated carbocycles. The number of guanidine groups is 1. The number of hydrazine groups is 1. The van der Waals surface area contributed by atoms with Gasteiger partial charge in [-0.2, -0.15) is 0 Å². The van der Waals surface area contributed by atoms with Crippen LogP contribution in [-0.4, -0.2) is 23.4 Å². The maximum Gasteiger partial charge on any atom is 0.208 e. The highest BCUT2D eigenvalue weighted by Crippen LogP contribution is 2.05. The van der Waals surface area contributed by atoms with Gasteiger partial charge in [0, 0.05) is 19.1 Å². The molecule has 0 spiro atoms. The minimum absolute atomic E-state index is 0.228. The summed E-state index contributed by atoms with van der Waals surface area (Å²) in [5.41, 5.74) is 3.93. The van der Waals surface area contributed by atoms with Crippen molar-refractivity contribution in [2.75, 3.05) is 6.54 Å². The van der Waals surface area contributed by atoms with E-state index in [1.165, 1.54) is 5.56 Å². The summed E-state index contributed by atoms with van der Waals surface area (Å²) in [4.78, 5) is 6.59. The minimum atomic E-state index is 0.228. The molecule has 0 radical (unpaired) electrons. The highest BCUT2D eigenvalue weighted by atomic mass is 15.4. The van der Waals surface area contributed by atoms with Gasteiger partial charge >= 0.3 is 0 Å². The molecule has 4 nitrogen and oxygen atoms in total. The lowest BCUT2D eigenvalue weighted by molar-refractivity contribution is 0.415. The second kappa shape index (κ2) is 6.91.